The normalized spacial score (nSPS) is 21.1. The Labute approximate surface area is 93.3 Å². The average Bonchev–Trinajstić information content (AvgIpc) is 2.66. The minimum Gasteiger partial charge on any atom is -0.327 e. The molecule has 1 rings (SSSR count). The molecular weight excluding hydrogens is 210 g/mol. The summed E-state index contributed by atoms with van der Waals surface area (Å²) in [6.45, 7) is 3.47. The highest BCUT2D eigenvalue weighted by Gasteiger charge is 2.24. The lowest BCUT2D eigenvalue weighted by Crippen LogP contribution is -2.32. The zero-order valence-electron chi connectivity index (χ0n) is 9.78. The highest BCUT2D eigenvalue weighted by molar-refractivity contribution is 7.91. The van der Waals surface area contributed by atoms with E-state index < -0.39 is 9.84 Å². The quantitative estimate of drug-likeness (QED) is 0.786. The van der Waals surface area contributed by atoms with Crippen molar-refractivity contribution in [1.82, 2.24) is 0 Å². The molecule has 0 bridgehead atoms. The predicted octanol–water partition coefficient (Wildman–Crippen LogP) is 1.72. The molecule has 3 nitrogen and oxygen atoms in total. The molecule has 1 aliphatic carbocycles. The van der Waals surface area contributed by atoms with Crippen molar-refractivity contribution < 1.29 is 8.42 Å². The van der Waals surface area contributed by atoms with Crippen molar-refractivity contribution in [2.45, 2.75) is 57.2 Å². The third-order valence-electron chi connectivity index (χ3n) is 3.46. The summed E-state index contributed by atoms with van der Waals surface area (Å²) < 4.78 is 23.2. The fourth-order valence-electron chi connectivity index (χ4n) is 2.16. The van der Waals surface area contributed by atoms with Crippen molar-refractivity contribution in [3.63, 3.8) is 0 Å². The van der Waals surface area contributed by atoms with Gasteiger partial charge in [-0.25, -0.2) is 8.42 Å². The minimum absolute atomic E-state index is 0.0843. The van der Waals surface area contributed by atoms with Gasteiger partial charge in [0.05, 0.1) is 11.0 Å². The Hall–Kier alpha value is -0.0900. The van der Waals surface area contributed by atoms with Gasteiger partial charge in [0.25, 0.3) is 0 Å². The Bertz CT molecular complexity index is 279. The SMILES string of the molecule is CC(C)S(=O)(=O)CCC(N)C1CCCC1. The van der Waals surface area contributed by atoms with E-state index in [0.29, 0.717) is 12.3 Å². The second-order valence-corrected chi connectivity index (χ2v) is 7.59. The van der Waals surface area contributed by atoms with Crippen molar-refractivity contribution in [3.05, 3.63) is 0 Å². The number of hydrogen-bond acceptors (Lipinski definition) is 3. The van der Waals surface area contributed by atoms with Gasteiger partial charge >= 0.3 is 0 Å². The Balaban J connectivity index is 2.36. The Morgan fingerprint density at radius 1 is 1.27 bits per heavy atom. The number of rotatable bonds is 5. The van der Waals surface area contributed by atoms with Crippen LogP contribution in [-0.2, 0) is 9.84 Å². The maximum Gasteiger partial charge on any atom is 0.152 e. The van der Waals surface area contributed by atoms with Gasteiger partial charge in [-0.15, -0.1) is 0 Å². The molecule has 15 heavy (non-hydrogen) atoms. The molecule has 1 fully saturated rings. The first-order chi connectivity index (χ1) is 6.93. The molecular formula is C11H23NO2S. The number of nitrogens with two attached hydrogens (primary N) is 1. The van der Waals surface area contributed by atoms with Gasteiger partial charge in [0.2, 0.25) is 0 Å². The molecule has 0 aromatic rings. The first-order valence-corrected chi connectivity index (χ1v) is 7.62. The van der Waals surface area contributed by atoms with Gasteiger partial charge in [-0.3, -0.25) is 0 Å². The lowest BCUT2D eigenvalue weighted by molar-refractivity contribution is 0.421. The molecule has 1 atom stereocenters. The van der Waals surface area contributed by atoms with E-state index in [0.717, 1.165) is 0 Å². The number of hydrogen-bond donors (Lipinski definition) is 1. The van der Waals surface area contributed by atoms with E-state index in [2.05, 4.69) is 0 Å². The van der Waals surface area contributed by atoms with Gasteiger partial charge < -0.3 is 5.73 Å². The second kappa shape index (κ2) is 5.30. The van der Waals surface area contributed by atoms with Crippen LogP contribution in [0.1, 0.15) is 46.0 Å². The largest absolute Gasteiger partial charge is 0.327 e. The molecule has 0 aliphatic heterocycles. The highest BCUT2D eigenvalue weighted by Crippen LogP contribution is 2.28. The monoisotopic (exact) mass is 233 g/mol. The third kappa shape index (κ3) is 3.76. The summed E-state index contributed by atoms with van der Waals surface area (Å²) in [4.78, 5) is 0. The van der Waals surface area contributed by atoms with E-state index in [1.807, 2.05) is 0 Å². The van der Waals surface area contributed by atoms with Crippen LogP contribution in [-0.4, -0.2) is 25.5 Å². The zero-order chi connectivity index (χ0) is 11.5. The molecule has 90 valence electrons. The van der Waals surface area contributed by atoms with Crippen LogP contribution < -0.4 is 5.73 Å². The van der Waals surface area contributed by atoms with E-state index in [1.165, 1.54) is 25.7 Å². The van der Waals surface area contributed by atoms with Crippen LogP contribution in [0, 0.1) is 5.92 Å². The van der Waals surface area contributed by atoms with Crippen LogP contribution in [0.3, 0.4) is 0 Å². The van der Waals surface area contributed by atoms with E-state index in [-0.39, 0.29) is 17.0 Å². The lowest BCUT2D eigenvalue weighted by atomic mass is 9.97. The van der Waals surface area contributed by atoms with Crippen molar-refractivity contribution in [3.8, 4) is 0 Å². The molecule has 1 unspecified atom stereocenters. The topological polar surface area (TPSA) is 60.2 Å². The van der Waals surface area contributed by atoms with Crippen LogP contribution in [0.5, 0.6) is 0 Å². The van der Waals surface area contributed by atoms with Crippen molar-refractivity contribution in [2.24, 2.45) is 11.7 Å². The first-order valence-electron chi connectivity index (χ1n) is 5.90. The standard InChI is InChI=1S/C11H23NO2S/c1-9(2)15(13,14)8-7-11(12)10-5-3-4-6-10/h9-11H,3-8,12H2,1-2H3. The fourth-order valence-corrected chi connectivity index (χ4v) is 3.23. The Morgan fingerprint density at radius 2 is 1.80 bits per heavy atom. The summed E-state index contributed by atoms with van der Waals surface area (Å²) >= 11 is 0. The molecule has 0 radical (unpaired) electrons. The second-order valence-electron chi connectivity index (χ2n) is 4.91. The highest BCUT2D eigenvalue weighted by atomic mass is 32.2. The van der Waals surface area contributed by atoms with E-state index in [1.54, 1.807) is 13.8 Å². The van der Waals surface area contributed by atoms with Gasteiger partial charge in [-0.2, -0.15) is 0 Å². The van der Waals surface area contributed by atoms with Gasteiger partial charge in [-0.05, 0) is 39.0 Å². The predicted molar refractivity (Wildman–Crippen MR) is 63.5 cm³/mol. The van der Waals surface area contributed by atoms with Crippen molar-refractivity contribution in [2.75, 3.05) is 5.75 Å². The van der Waals surface area contributed by atoms with Crippen LogP contribution in [0.15, 0.2) is 0 Å². The van der Waals surface area contributed by atoms with Crippen LogP contribution >= 0.6 is 0 Å². The molecule has 4 heteroatoms. The zero-order valence-corrected chi connectivity index (χ0v) is 10.6. The van der Waals surface area contributed by atoms with Crippen LogP contribution in [0.4, 0.5) is 0 Å². The van der Waals surface area contributed by atoms with Gasteiger partial charge in [0.1, 0.15) is 0 Å². The molecule has 0 saturated heterocycles. The van der Waals surface area contributed by atoms with E-state index >= 15 is 0 Å². The van der Waals surface area contributed by atoms with E-state index in [9.17, 15) is 8.42 Å². The van der Waals surface area contributed by atoms with Crippen molar-refractivity contribution in [1.29, 1.82) is 0 Å². The molecule has 0 amide bonds. The molecule has 0 aromatic carbocycles. The summed E-state index contributed by atoms with van der Waals surface area (Å²) in [5, 5.41) is -0.270. The lowest BCUT2D eigenvalue weighted by Gasteiger charge is -2.19. The van der Waals surface area contributed by atoms with Crippen LogP contribution in [0.2, 0.25) is 0 Å². The van der Waals surface area contributed by atoms with Gasteiger partial charge in [-0.1, -0.05) is 12.8 Å². The average molecular weight is 233 g/mol. The molecule has 1 saturated carbocycles. The first kappa shape index (κ1) is 13.0. The van der Waals surface area contributed by atoms with Gasteiger partial charge in [0, 0.05) is 6.04 Å². The molecule has 2 N–H and O–H groups in total. The molecule has 1 aliphatic rings. The van der Waals surface area contributed by atoms with Crippen LogP contribution in [0.25, 0.3) is 0 Å². The third-order valence-corrected chi connectivity index (χ3v) is 5.70. The fraction of sp³-hybridized carbons (Fsp3) is 1.00. The van der Waals surface area contributed by atoms with Gasteiger partial charge in [0.15, 0.2) is 9.84 Å². The maximum absolute atomic E-state index is 11.6. The summed E-state index contributed by atoms with van der Waals surface area (Å²) in [5.74, 6) is 0.815. The molecule has 0 spiro atoms. The van der Waals surface area contributed by atoms with E-state index in [4.69, 9.17) is 5.73 Å². The number of sulfone groups is 1. The summed E-state index contributed by atoms with van der Waals surface area (Å²) in [6, 6.07) is 0.0843. The Kier molecular flexibility index (Phi) is 4.59. The van der Waals surface area contributed by atoms with Crippen molar-refractivity contribution >= 4 is 9.84 Å². The maximum atomic E-state index is 11.6. The minimum atomic E-state index is -2.90. The summed E-state index contributed by atoms with van der Waals surface area (Å²) in [6.07, 6.45) is 5.52. The smallest absolute Gasteiger partial charge is 0.152 e. The summed E-state index contributed by atoms with van der Waals surface area (Å²) in [7, 11) is -2.90. The molecule has 0 heterocycles. The molecule has 0 aromatic heterocycles. The Morgan fingerprint density at radius 3 is 2.27 bits per heavy atom. The summed E-state index contributed by atoms with van der Waals surface area (Å²) in [5.41, 5.74) is 6.02.